The third-order valence-electron chi connectivity index (χ3n) is 5.91. The molecule has 2 fully saturated rings. The smallest absolute Gasteiger partial charge is 0.255 e. The second kappa shape index (κ2) is 7.40. The first-order valence-electron chi connectivity index (χ1n) is 9.75. The number of imide groups is 1. The standard InChI is InChI=1S/C20H26N4O3/c1-13-10-21-8-3-9-23(13)11-14-4-2-5-15-16(14)12-24(20(15)27)17-6-7-18(25)22-19(17)26/h2,4-5,13,17,21H,3,6-12H2,1H3,(H,22,25,26). The van der Waals surface area contributed by atoms with Gasteiger partial charge in [-0.2, -0.15) is 0 Å². The molecule has 1 aromatic carbocycles. The zero-order valence-corrected chi connectivity index (χ0v) is 15.7. The van der Waals surface area contributed by atoms with Crippen molar-refractivity contribution in [2.24, 2.45) is 0 Å². The fourth-order valence-electron chi connectivity index (χ4n) is 4.32. The molecule has 2 unspecified atom stereocenters. The lowest BCUT2D eigenvalue weighted by Crippen LogP contribution is -2.52. The summed E-state index contributed by atoms with van der Waals surface area (Å²) in [6.07, 6.45) is 1.79. The first kappa shape index (κ1) is 18.1. The number of hydrogen-bond donors (Lipinski definition) is 2. The number of carbonyl (C=O) groups is 3. The average Bonchev–Trinajstić information content (AvgIpc) is 2.84. The third kappa shape index (κ3) is 3.49. The summed E-state index contributed by atoms with van der Waals surface area (Å²) in [5, 5.41) is 5.81. The molecule has 0 aromatic heterocycles. The van der Waals surface area contributed by atoms with Crippen molar-refractivity contribution in [2.75, 3.05) is 19.6 Å². The molecule has 3 aliphatic heterocycles. The normalized spacial score (nSPS) is 26.7. The van der Waals surface area contributed by atoms with Crippen molar-refractivity contribution >= 4 is 17.7 Å². The number of fused-ring (bicyclic) bond motifs is 1. The van der Waals surface area contributed by atoms with Crippen molar-refractivity contribution in [1.82, 2.24) is 20.4 Å². The Kier molecular flexibility index (Phi) is 4.97. The van der Waals surface area contributed by atoms with Crippen molar-refractivity contribution in [3.8, 4) is 0 Å². The van der Waals surface area contributed by atoms with E-state index in [1.807, 2.05) is 12.1 Å². The molecule has 0 spiro atoms. The van der Waals surface area contributed by atoms with Gasteiger partial charge in [-0.05, 0) is 43.5 Å². The lowest BCUT2D eigenvalue weighted by molar-refractivity contribution is -0.136. The summed E-state index contributed by atoms with van der Waals surface area (Å²) < 4.78 is 0. The van der Waals surface area contributed by atoms with Crippen LogP contribution in [0.4, 0.5) is 0 Å². The van der Waals surface area contributed by atoms with E-state index in [2.05, 4.69) is 28.5 Å². The molecule has 3 aliphatic rings. The SMILES string of the molecule is CC1CNCCCN1Cc1cccc2c1CN(C1CCC(=O)NC1=O)C2=O. The van der Waals surface area contributed by atoms with Crippen LogP contribution in [-0.4, -0.2) is 59.2 Å². The van der Waals surface area contributed by atoms with Gasteiger partial charge in [0.05, 0.1) is 0 Å². The van der Waals surface area contributed by atoms with E-state index in [0.717, 1.165) is 43.7 Å². The van der Waals surface area contributed by atoms with Crippen molar-refractivity contribution in [1.29, 1.82) is 0 Å². The van der Waals surface area contributed by atoms with E-state index in [9.17, 15) is 14.4 Å². The monoisotopic (exact) mass is 370 g/mol. The first-order chi connectivity index (χ1) is 13.0. The van der Waals surface area contributed by atoms with Crippen LogP contribution in [-0.2, 0) is 22.7 Å². The van der Waals surface area contributed by atoms with E-state index in [4.69, 9.17) is 0 Å². The van der Waals surface area contributed by atoms with Gasteiger partial charge in [-0.15, -0.1) is 0 Å². The molecule has 2 atom stereocenters. The summed E-state index contributed by atoms with van der Waals surface area (Å²) in [6.45, 7) is 6.51. The molecule has 4 rings (SSSR count). The van der Waals surface area contributed by atoms with Gasteiger partial charge in [0.2, 0.25) is 11.8 Å². The fourth-order valence-corrected chi connectivity index (χ4v) is 4.32. The van der Waals surface area contributed by atoms with E-state index in [1.54, 1.807) is 4.90 Å². The summed E-state index contributed by atoms with van der Waals surface area (Å²) in [7, 11) is 0. The molecule has 3 amide bonds. The highest BCUT2D eigenvalue weighted by Gasteiger charge is 2.39. The molecule has 0 radical (unpaired) electrons. The quantitative estimate of drug-likeness (QED) is 0.763. The minimum absolute atomic E-state index is 0.105. The van der Waals surface area contributed by atoms with Crippen LogP contribution in [0.15, 0.2) is 18.2 Å². The van der Waals surface area contributed by atoms with Gasteiger partial charge in [-0.3, -0.25) is 24.6 Å². The largest absolute Gasteiger partial charge is 0.322 e. The van der Waals surface area contributed by atoms with Crippen LogP contribution in [0.25, 0.3) is 0 Å². The Morgan fingerprint density at radius 3 is 2.89 bits per heavy atom. The maximum Gasteiger partial charge on any atom is 0.255 e. The van der Waals surface area contributed by atoms with Crippen LogP contribution < -0.4 is 10.6 Å². The molecule has 27 heavy (non-hydrogen) atoms. The van der Waals surface area contributed by atoms with E-state index in [-0.39, 0.29) is 24.1 Å². The van der Waals surface area contributed by atoms with Gasteiger partial charge in [0.15, 0.2) is 0 Å². The van der Waals surface area contributed by atoms with Gasteiger partial charge >= 0.3 is 0 Å². The maximum absolute atomic E-state index is 12.9. The highest BCUT2D eigenvalue weighted by atomic mass is 16.2. The van der Waals surface area contributed by atoms with Gasteiger partial charge in [0.25, 0.3) is 5.91 Å². The third-order valence-corrected chi connectivity index (χ3v) is 5.91. The Bertz CT molecular complexity index is 778. The molecule has 144 valence electrons. The molecular formula is C20H26N4O3. The molecule has 7 nitrogen and oxygen atoms in total. The topological polar surface area (TPSA) is 81.8 Å². The Labute approximate surface area is 159 Å². The number of nitrogens with zero attached hydrogens (tertiary/aromatic N) is 2. The molecule has 1 aromatic rings. The van der Waals surface area contributed by atoms with Crippen LogP contribution in [0.1, 0.15) is 47.7 Å². The summed E-state index contributed by atoms with van der Waals surface area (Å²) in [5.74, 6) is -0.724. The van der Waals surface area contributed by atoms with Gasteiger partial charge in [0, 0.05) is 44.2 Å². The minimum atomic E-state index is -0.559. The number of amides is 3. The van der Waals surface area contributed by atoms with Gasteiger partial charge < -0.3 is 10.2 Å². The molecule has 2 N–H and O–H groups in total. The summed E-state index contributed by atoms with van der Waals surface area (Å²) in [6, 6.07) is 5.75. The molecule has 2 saturated heterocycles. The highest BCUT2D eigenvalue weighted by molar-refractivity contribution is 6.05. The number of piperidine rings is 1. The lowest BCUT2D eigenvalue weighted by Gasteiger charge is -2.29. The van der Waals surface area contributed by atoms with E-state index < -0.39 is 6.04 Å². The number of benzene rings is 1. The predicted octanol–water partition coefficient (Wildman–Crippen LogP) is 0.631. The van der Waals surface area contributed by atoms with Crippen LogP contribution in [0.5, 0.6) is 0 Å². The Morgan fingerprint density at radius 1 is 1.22 bits per heavy atom. The first-order valence-corrected chi connectivity index (χ1v) is 9.75. The second-order valence-corrected chi connectivity index (χ2v) is 7.72. The van der Waals surface area contributed by atoms with E-state index >= 15 is 0 Å². The lowest BCUT2D eigenvalue weighted by atomic mass is 10.0. The van der Waals surface area contributed by atoms with E-state index in [0.29, 0.717) is 24.6 Å². The van der Waals surface area contributed by atoms with Crippen LogP contribution >= 0.6 is 0 Å². The van der Waals surface area contributed by atoms with Gasteiger partial charge in [0.1, 0.15) is 6.04 Å². The number of rotatable bonds is 3. The van der Waals surface area contributed by atoms with Crippen LogP contribution in [0.3, 0.4) is 0 Å². The maximum atomic E-state index is 12.9. The van der Waals surface area contributed by atoms with Gasteiger partial charge in [-0.25, -0.2) is 0 Å². The number of hydrogen-bond acceptors (Lipinski definition) is 5. The molecule has 0 bridgehead atoms. The zero-order valence-electron chi connectivity index (χ0n) is 15.7. The van der Waals surface area contributed by atoms with Crippen molar-refractivity contribution in [3.05, 3.63) is 34.9 Å². The summed E-state index contributed by atoms with van der Waals surface area (Å²) in [5.41, 5.74) is 2.87. The summed E-state index contributed by atoms with van der Waals surface area (Å²) >= 11 is 0. The summed E-state index contributed by atoms with van der Waals surface area (Å²) in [4.78, 5) is 40.7. The molecule has 3 heterocycles. The zero-order chi connectivity index (χ0) is 19.0. The second-order valence-electron chi connectivity index (χ2n) is 7.72. The molecule has 7 heteroatoms. The highest BCUT2D eigenvalue weighted by Crippen LogP contribution is 2.30. The molecule has 0 saturated carbocycles. The Morgan fingerprint density at radius 2 is 2.07 bits per heavy atom. The predicted molar refractivity (Wildman–Crippen MR) is 99.8 cm³/mol. The average molecular weight is 370 g/mol. The molecular weight excluding hydrogens is 344 g/mol. The van der Waals surface area contributed by atoms with E-state index in [1.165, 1.54) is 0 Å². The van der Waals surface area contributed by atoms with Crippen LogP contribution in [0, 0.1) is 0 Å². The number of carbonyl (C=O) groups excluding carboxylic acids is 3. The van der Waals surface area contributed by atoms with Crippen LogP contribution in [0.2, 0.25) is 0 Å². The van der Waals surface area contributed by atoms with Gasteiger partial charge in [-0.1, -0.05) is 12.1 Å². The van der Waals surface area contributed by atoms with Crippen molar-refractivity contribution in [2.45, 2.75) is 51.4 Å². The molecule has 0 aliphatic carbocycles. The van der Waals surface area contributed by atoms with Crippen molar-refractivity contribution < 1.29 is 14.4 Å². The van der Waals surface area contributed by atoms with Crippen molar-refractivity contribution in [3.63, 3.8) is 0 Å². The number of nitrogens with one attached hydrogen (secondary N) is 2. The Balaban J connectivity index is 1.55. The fraction of sp³-hybridized carbons (Fsp3) is 0.550. The minimum Gasteiger partial charge on any atom is -0.322 e. The Hall–Kier alpha value is -2.25.